The van der Waals surface area contributed by atoms with Gasteiger partial charge in [0.1, 0.15) is 0 Å². The average molecular weight is 426 g/mol. The van der Waals surface area contributed by atoms with E-state index < -0.39 is 31.7 Å². The third-order valence-electron chi connectivity index (χ3n) is 0.548. The Balaban J connectivity index is -0.000000119. The summed E-state index contributed by atoms with van der Waals surface area (Å²) >= 11 is 0. The fourth-order valence-electron chi connectivity index (χ4n) is 0.0638. The minimum absolute atomic E-state index is 0.767. The van der Waals surface area contributed by atoms with E-state index in [2.05, 4.69) is 8.80 Å². The van der Waals surface area contributed by atoms with Crippen molar-refractivity contribution < 1.29 is 68.4 Å². The first-order chi connectivity index (χ1) is 11.2. The molecule has 0 aliphatic carbocycles. The van der Waals surface area contributed by atoms with Crippen LogP contribution >= 0.6 is 29.8 Å². The molecule has 0 amide bonds. The molecule has 0 aromatic heterocycles. The molecule has 19 heteroatoms. The molecule has 0 aromatic carbocycles. The molecule has 0 rings (SSSR count). The number of rotatable bonds is 3. The highest BCUT2D eigenvalue weighted by Gasteiger charge is 2.04. The number of hydrogen-bond acceptors (Lipinski definition) is 11. The minimum atomic E-state index is -4.64. The van der Waals surface area contributed by atoms with Crippen molar-refractivity contribution in [3.63, 3.8) is 0 Å². The molecule has 0 spiro atoms. The topological polar surface area (TPSA) is 286 Å². The van der Waals surface area contributed by atoms with Gasteiger partial charge in [-0.1, -0.05) is 0 Å². The zero-order valence-corrected chi connectivity index (χ0v) is 13.7. The Kier molecular flexibility index (Phi) is 23.7. The molecule has 0 atom stereocenters. The van der Waals surface area contributed by atoms with Crippen LogP contribution in [0.2, 0.25) is 0 Å². The maximum Gasteiger partial charge on any atom is 0.466 e. The first-order valence-corrected chi connectivity index (χ1v) is 8.01. The predicted molar refractivity (Wildman–Crippen MR) is 76.2 cm³/mol. The number of aliphatic carboxylic acids is 4. The lowest BCUT2D eigenvalue weighted by molar-refractivity contribution is -0.159. The van der Waals surface area contributed by atoms with Crippen molar-refractivity contribution in [2.75, 3.05) is 0 Å². The lowest BCUT2D eigenvalue weighted by atomic mass is 10.7. The lowest BCUT2D eigenvalue weighted by Crippen LogP contribution is -2.09. The molecule has 0 unspecified atom stereocenters. The SMILES string of the molecule is O=C(O)C(=O)O.O=C(O)C(=O)O.O=C=NSSN=C=O.O=P(O)(O)O. The third kappa shape index (κ3) is 74.3. The quantitative estimate of drug-likeness (QED) is 0.0500. The van der Waals surface area contributed by atoms with Crippen molar-refractivity contribution in [1.82, 2.24) is 0 Å². The fraction of sp³-hybridized carbons (Fsp3) is 0. The van der Waals surface area contributed by atoms with Crippen molar-refractivity contribution in [1.29, 1.82) is 0 Å². The predicted octanol–water partition coefficient (Wildman–Crippen LogP) is -1.75. The largest absolute Gasteiger partial charge is 0.473 e. The van der Waals surface area contributed by atoms with Crippen molar-refractivity contribution in [2.45, 2.75) is 0 Å². The summed E-state index contributed by atoms with van der Waals surface area (Å²) in [4.78, 5) is 76.6. The number of carboxylic acid groups (broad SMARTS) is 4. The summed E-state index contributed by atoms with van der Waals surface area (Å²) < 4.78 is 14.9. The Morgan fingerprint density at radius 1 is 0.680 bits per heavy atom. The maximum absolute atomic E-state index is 9.30. The molecule has 16 nitrogen and oxygen atoms in total. The van der Waals surface area contributed by atoms with Gasteiger partial charge >= 0.3 is 31.7 Å². The van der Waals surface area contributed by atoms with Crippen LogP contribution in [0.25, 0.3) is 0 Å². The van der Waals surface area contributed by atoms with E-state index in [1.807, 2.05) is 0 Å². The van der Waals surface area contributed by atoms with Gasteiger partial charge in [-0.05, 0) is 0 Å². The van der Waals surface area contributed by atoms with Gasteiger partial charge in [-0.2, -0.15) is 0 Å². The van der Waals surface area contributed by atoms with Gasteiger partial charge in [-0.3, -0.25) is 0 Å². The van der Waals surface area contributed by atoms with Crippen LogP contribution in [0.5, 0.6) is 0 Å². The van der Waals surface area contributed by atoms with E-state index in [0.29, 0.717) is 0 Å². The highest BCUT2D eigenvalue weighted by molar-refractivity contribution is 8.75. The van der Waals surface area contributed by atoms with Crippen LogP contribution < -0.4 is 0 Å². The Labute approximate surface area is 143 Å². The van der Waals surface area contributed by atoms with E-state index in [9.17, 15) is 9.59 Å². The van der Waals surface area contributed by atoms with E-state index in [4.69, 9.17) is 58.8 Å². The molecule has 0 aliphatic rings. The summed E-state index contributed by atoms with van der Waals surface area (Å²) in [6, 6.07) is 0. The van der Waals surface area contributed by atoms with Crippen molar-refractivity contribution in [3.8, 4) is 0 Å². The molecular weight excluding hydrogens is 419 g/mol. The van der Waals surface area contributed by atoms with Crippen LogP contribution in [0.3, 0.4) is 0 Å². The van der Waals surface area contributed by atoms with Gasteiger partial charge in [0.2, 0.25) is 12.2 Å². The Hall–Kier alpha value is -2.55. The summed E-state index contributed by atoms with van der Waals surface area (Å²) in [6.07, 6.45) is 2.51. The molecule has 7 N–H and O–H groups in total. The highest BCUT2D eigenvalue weighted by atomic mass is 33.1. The Morgan fingerprint density at radius 2 is 0.840 bits per heavy atom. The van der Waals surface area contributed by atoms with Crippen LogP contribution in [-0.4, -0.2) is 71.1 Å². The number of carbonyl (C=O) groups excluding carboxylic acids is 2. The highest BCUT2D eigenvalue weighted by Crippen LogP contribution is 2.25. The molecule has 142 valence electrons. The summed E-state index contributed by atoms with van der Waals surface area (Å²) in [5.74, 6) is -7.30. The monoisotopic (exact) mass is 426 g/mol. The molecule has 25 heavy (non-hydrogen) atoms. The first kappa shape index (κ1) is 30.3. The fourth-order valence-corrected chi connectivity index (χ4v) is 0.574. The van der Waals surface area contributed by atoms with E-state index >= 15 is 0 Å². The zero-order valence-electron chi connectivity index (χ0n) is 11.1. The van der Waals surface area contributed by atoms with Crippen LogP contribution in [-0.2, 0) is 33.3 Å². The van der Waals surface area contributed by atoms with E-state index in [-0.39, 0.29) is 0 Å². The smallest absolute Gasteiger partial charge is 0.466 e. The number of nitrogens with zero attached hydrogens (tertiary/aromatic N) is 2. The van der Waals surface area contributed by atoms with Crippen LogP contribution in [0.15, 0.2) is 8.80 Å². The first-order valence-electron chi connectivity index (χ1n) is 4.38. The Morgan fingerprint density at radius 3 is 0.920 bits per heavy atom. The molecule has 0 saturated carbocycles. The summed E-state index contributed by atoms with van der Waals surface area (Å²) in [6.45, 7) is 0. The van der Waals surface area contributed by atoms with Crippen molar-refractivity contribution >= 4 is 65.8 Å². The maximum atomic E-state index is 9.30. The van der Waals surface area contributed by atoms with E-state index in [1.54, 1.807) is 0 Å². The van der Waals surface area contributed by atoms with E-state index in [1.165, 1.54) is 12.2 Å². The van der Waals surface area contributed by atoms with E-state index in [0.717, 1.165) is 22.0 Å². The standard InChI is InChI=1S/C2N2O2S2.2C2H2O4.H3O4P/c5-1-3-7-8-4-2-6;2*3-1(4)2(5)6;1-5(2,3)4/h;2*(H,3,4)(H,5,6);(H3,1,2,3,4). The van der Waals surface area contributed by atoms with Gasteiger partial charge in [0.25, 0.3) is 0 Å². The third-order valence-corrected chi connectivity index (χ3v) is 1.56. The summed E-state index contributed by atoms with van der Waals surface area (Å²) in [7, 11) is -3.11. The van der Waals surface area contributed by atoms with Crippen LogP contribution in [0.1, 0.15) is 0 Å². The zero-order chi connectivity index (χ0) is 21.1. The molecule has 0 saturated heterocycles. The Bertz CT molecular complexity index is 514. The molecule has 0 fully saturated rings. The number of phosphoric acid groups is 1. The van der Waals surface area contributed by atoms with Gasteiger partial charge in [0, 0.05) is 0 Å². The van der Waals surface area contributed by atoms with Crippen molar-refractivity contribution in [2.24, 2.45) is 8.80 Å². The average Bonchev–Trinajstić information content (AvgIpc) is 2.43. The molecule has 0 bridgehead atoms. The number of carbonyl (C=O) groups is 4. The van der Waals surface area contributed by atoms with Gasteiger partial charge in [0.15, 0.2) is 0 Å². The minimum Gasteiger partial charge on any atom is -0.473 e. The summed E-state index contributed by atoms with van der Waals surface area (Å²) in [5, 5.41) is 29.6. The molecule has 0 radical (unpaired) electrons. The van der Waals surface area contributed by atoms with Gasteiger partial charge in [0.05, 0.1) is 22.0 Å². The van der Waals surface area contributed by atoms with Gasteiger partial charge < -0.3 is 35.1 Å². The lowest BCUT2D eigenvalue weighted by Gasteiger charge is -1.82. The van der Waals surface area contributed by atoms with Gasteiger partial charge in [-0.25, -0.2) is 33.3 Å². The second-order valence-corrected chi connectivity index (χ2v) is 4.83. The number of isocyanates is 2. The second kappa shape index (κ2) is 19.5. The molecule has 0 aliphatic heterocycles. The molecule has 0 heterocycles. The number of carboxylic acids is 4. The normalized spacial score (nSPS) is 7.96. The van der Waals surface area contributed by atoms with Crippen LogP contribution in [0, 0.1) is 0 Å². The number of hydrogen-bond donors (Lipinski definition) is 7. The summed E-state index contributed by atoms with van der Waals surface area (Å²) in [5.41, 5.74) is 0. The molecule has 0 aromatic rings. The van der Waals surface area contributed by atoms with Crippen molar-refractivity contribution in [3.05, 3.63) is 0 Å². The van der Waals surface area contributed by atoms with Crippen LogP contribution in [0.4, 0.5) is 0 Å². The molecular formula is C6H7N2O14PS2. The second-order valence-electron chi connectivity index (χ2n) is 2.25. The van der Waals surface area contributed by atoms with Gasteiger partial charge in [-0.15, -0.1) is 8.80 Å².